The number of hydrogen-bond donors (Lipinski definition) is 1. The molecule has 0 heterocycles. The molecule has 3 rings (SSSR count). The van der Waals surface area contributed by atoms with E-state index in [2.05, 4.69) is 5.32 Å². The van der Waals surface area contributed by atoms with Crippen LogP contribution in [0.3, 0.4) is 0 Å². The van der Waals surface area contributed by atoms with Crippen LogP contribution in [0.4, 0.5) is 5.69 Å². The van der Waals surface area contributed by atoms with Crippen LogP contribution in [0.2, 0.25) is 5.02 Å². The lowest BCUT2D eigenvalue weighted by Crippen LogP contribution is -2.53. The third-order valence-electron chi connectivity index (χ3n) is 6.98. The van der Waals surface area contributed by atoms with Crippen LogP contribution in [-0.4, -0.2) is 50.4 Å². The lowest BCUT2D eigenvalue weighted by atomic mass is 10.1. The van der Waals surface area contributed by atoms with Crippen LogP contribution in [0.25, 0.3) is 0 Å². The van der Waals surface area contributed by atoms with Gasteiger partial charge in [0.2, 0.25) is 11.8 Å². The molecule has 0 aliphatic carbocycles. The number of rotatable bonds is 14. The molecule has 226 valence electrons. The first-order chi connectivity index (χ1) is 20.0. The van der Waals surface area contributed by atoms with E-state index < -0.39 is 28.5 Å². The van der Waals surface area contributed by atoms with Crippen molar-refractivity contribution in [3.63, 3.8) is 0 Å². The second-order valence-electron chi connectivity index (χ2n) is 10.1. The number of hydrogen-bond acceptors (Lipinski definition) is 5. The fourth-order valence-corrected chi connectivity index (χ4v) is 5.93. The van der Waals surface area contributed by atoms with Gasteiger partial charge < -0.3 is 15.0 Å². The van der Waals surface area contributed by atoms with E-state index in [1.165, 1.54) is 29.2 Å². The summed E-state index contributed by atoms with van der Waals surface area (Å²) < 4.78 is 34.5. The fourth-order valence-electron chi connectivity index (χ4n) is 4.39. The summed E-state index contributed by atoms with van der Waals surface area (Å²) in [6, 6.07) is 19.1. The topological polar surface area (TPSA) is 96.0 Å². The third kappa shape index (κ3) is 8.49. The lowest BCUT2D eigenvalue weighted by molar-refractivity contribution is -0.140. The largest absolute Gasteiger partial charge is 0.494 e. The SMILES string of the molecule is CCOc1ccc(N(CC(=O)N(Cc2ccc(C)cc2)[C@@H](CC)C(=O)N[C@@H](C)CC)S(=O)(=O)c2ccc(Cl)cc2)cc1. The van der Waals surface area contributed by atoms with E-state index in [1.807, 2.05) is 58.9 Å². The Morgan fingerprint density at radius 2 is 1.52 bits per heavy atom. The zero-order chi connectivity index (χ0) is 30.9. The Morgan fingerprint density at radius 1 is 0.905 bits per heavy atom. The van der Waals surface area contributed by atoms with Crippen LogP contribution >= 0.6 is 11.6 Å². The van der Waals surface area contributed by atoms with Gasteiger partial charge in [-0.2, -0.15) is 0 Å². The minimum Gasteiger partial charge on any atom is -0.494 e. The van der Waals surface area contributed by atoms with Crippen LogP contribution in [0.1, 0.15) is 51.7 Å². The highest BCUT2D eigenvalue weighted by Crippen LogP contribution is 2.27. The van der Waals surface area contributed by atoms with Gasteiger partial charge in [0.25, 0.3) is 10.0 Å². The molecule has 0 saturated carbocycles. The summed E-state index contributed by atoms with van der Waals surface area (Å²) in [6.07, 6.45) is 1.09. The van der Waals surface area contributed by atoms with E-state index in [1.54, 1.807) is 24.3 Å². The molecule has 42 heavy (non-hydrogen) atoms. The maximum Gasteiger partial charge on any atom is 0.264 e. The molecule has 1 N–H and O–H groups in total. The van der Waals surface area contributed by atoms with Gasteiger partial charge >= 0.3 is 0 Å². The van der Waals surface area contributed by atoms with Gasteiger partial charge in [-0.25, -0.2) is 8.42 Å². The Labute approximate surface area is 254 Å². The van der Waals surface area contributed by atoms with Gasteiger partial charge in [0.1, 0.15) is 18.3 Å². The average Bonchev–Trinajstić information content (AvgIpc) is 2.97. The number of amides is 2. The van der Waals surface area contributed by atoms with E-state index in [4.69, 9.17) is 16.3 Å². The summed E-state index contributed by atoms with van der Waals surface area (Å²) in [5.41, 5.74) is 2.18. The zero-order valence-corrected chi connectivity index (χ0v) is 26.4. The molecule has 0 aromatic heterocycles. The van der Waals surface area contributed by atoms with Gasteiger partial charge in [0.05, 0.1) is 17.2 Å². The molecule has 0 saturated heterocycles. The number of aryl methyl sites for hydroxylation is 1. The molecule has 0 aliphatic heterocycles. The van der Waals surface area contributed by atoms with Crippen molar-refractivity contribution >= 4 is 39.1 Å². The third-order valence-corrected chi connectivity index (χ3v) is 9.02. The average molecular weight is 614 g/mol. The number of carbonyl (C=O) groups excluding carboxylic acids is 2. The normalized spacial score (nSPS) is 12.7. The number of nitrogens with one attached hydrogen (secondary N) is 1. The smallest absolute Gasteiger partial charge is 0.264 e. The van der Waals surface area contributed by atoms with Gasteiger partial charge in [0, 0.05) is 17.6 Å². The van der Waals surface area contributed by atoms with Crippen molar-refractivity contribution in [1.29, 1.82) is 0 Å². The first-order valence-electron chi connectivity index (χ1n) is 14.2. The highest BCUT2D eigenvalue weighted by atomic mass is 35.5. The van der Waals surface area contributed by atoms with Crippen molar-refractivity contribution < 1.29 is 22.7 Å². The van der Waals surface area contributed by atoms with Crippen molar-refractivity contribution in [2.75, 3.05) is 17.5 Å². The van der Waals surface area contributed by atoms with Crippen molar-refractivity contribution in [1.82, 2.24) is 10.2 Å². The Bertz CT molecular complexity index is 1430. The minimum atomic E-state index is -4.19. The standard InChI is InChI=1S/C32H40ClN3O5S/c1-6-24(5)34-32(38)30(7-2)35(21-25-11-9-23(4)10-12-25)31(37)22-36(27-15-17-28(18-16-27)41-8-3)42(39,40)29-19-13-26(33)14-20-29/h9-20,24,30H,6-8,21-22H2,1-5H3,(H,34,38)/t24-,30-/m0/s1. The monoisotopic (exact) mass is 613 g/mol. The highest BCUT2D eigenvalue weighted by Gasteiger charge is 2.34. The molecule has 3 aromatic carbocycles. The maximum atomic E-state index is 14.2. The summed E-state index contributed by atoms with van der Waals surface area (Å²) in [7, 11) is -4.19. The van der Waals surface area contributed by atoms with Crippen LogP contribution < -0.4 is 14.4 Å². The van der Waals surface area contributed by atoms with Crippen molar-refractivity contribution in [3.05, 3.63) is 88.9 Å². The van der Waals surface area contributed by atoms with Crippen LogP contribution in [0.15, 0.2) is 77.7 Å². The van der Waals surface area contributed by atoms with Crippen molar-refractivity contribution in [3.8, 4) is 5.75 Å². The molecular weight excluding hydrogens is 574 g/mol. The van der Waals surface area contributed by atoms with E-state index >= 15 is 0 Å². The van der Waals surface area contributed by atoms with E-state index in [0.717, 1.165) is 21.9 Å². The predicted molar refractivity (Wildman–Crippen MR) is 167 cm³/mol. The Hall–Kier alpha value is -3.56. The summed E-state index contributed by atoms with van der Waals surface area (Å²) >= 11 is 6.02. The molecule has 0 spiro atoms. The number of nitrogens with zero attached hydrogens (tertiary/aromatic N) is 2. The van der Waals surface area contributed by atoms with Crippen LogP contribution in [0.5, 0.6) is 5.75 Å². The first-order valence-corrected chi connectivity index (χ1v) is 16.0. The van der Waals surface area contributed by atoms with Crippen LogP contribution in [-0.2, 0) is 26.2 Å². The molecule has 0 radical (unpaired) electrons. The molecular formula is C32H40ClN3O5S. The Kier molecular flexibility index (Phi) is 11.8. The number of anilines is 1. The van der Waals surface area contributed by atoms with Gasteiger partial charge in [-0.05, 0) is 87.7 Å². The first kappa shape index (κ1) is 32.9. The maximum absolute atomic E-state index is 14.2. The molecule has 0 bridgehead atoms. The van der Waals surface area contributed by atoms with Crippen LogP contribution in [0, 0.1) is 6.92 Å². The fraction of sp³-hybridized carbons (Fsp3) is 0.375. The highest BCUT2D eigenvalue weighted by molar-refractivity contribution is 7.92. The second-order valence-corrected chi connectivity index (χ2v) is 12.4. The van der Waals surface area contributed by atoms with E-state index in [-0.39, 0.29) is 29.1 Å². The molecule has 10 heteroatoms. The molecule has 2 atom stereocenters. The van der Waals surface area contributed by atoms with Crippen molar-refractivity contribution in [2.24, 2.45) is 0 Å². The number of halogens is 1. The molecule has 0 fully saturated rings. The number of carbonyl (C=O) groups is 2. The van der Waals surface area contributed by atoms with Crippen molar-refractivity contribution in [2.45, 2.75) is 71.0 Å². The summed E-state index contributed by atoms with van der Waals surface area (Å²) in [6.45, 7) is 9.62. The van der Waals surface area contributed by atoms with Gasteiger partial charge in [-0.15, -0.1) is 0 Å². The van der Waals surface area contributed by atoms with E-state index in [0.29, 0.717) is 23.8 Å². The minimum absolute atomic E-state index is 0.0137. The quantitative estimate of drug-likeness (QED) is 0.242. The predicted octanol–water partition coefficient (Wildman–Crippen LogP) is 5.96. The van der Waals surface area contributed by atoms with E-state index in [9.17, 15) is 18.0 Å². The molecule has 0 aliphatic rings. The summed E-state index contributed by atoms with van der Waals surface area (Å²) in [4.78, 5) is 29.0. The molecule has 3 aromatic rings. The molecule has 8 nitrogen and oxygen atoms in total. The van der Waals surface area contributed by atoms with Gasteiger partial charge in [0.15, 0.2) is 0 Å². The summed E-state index contributed by atoms with van der Waals surface area (Å²) in [5, 5.41) is 3.37. The number of ether oxygens (including phenoxy) is 1. The summed E-state index contributed by atoms with van der Waals surface area (Å²) in [5.74, 6) is -0.209. The van der Waals surface area contributed by atoms with Gasteiger partial charge in [-0.1, -0.05) is 55.3 Å². The lowest BCUT2D eigenvalue weighted by Gasteiger charge is -2.33. The molecule has 0 unspecified atom stereocenters. The Morgan fingerprint density at radius 3 is 2.07 bits per heavy atom. The molecule has 2 amide bonds. The number of sulfonamides is 1. The second kappa shape index (κ2) is 15.1. The van der Waals surface area contributed by atoms with Gasteiger partial charge in [-0.3, -0.25) is 13.9 Å². The number of benzene rings is 3. The Balaban J connectivity index is 2.05. The zero-order valence-electron chi connectivity index (χ0n) is 24.8.